The highest BCUT2D eigenvalue weighted by Gasteiger charge is 2.21. The molecule has 2 aromatic carbocycles. The zero-order valence-electron chi connectivity index (χ0n) is 16.5. The van der Waals surface area contributed by atoms with Gasteiger partial charge in [-0.3, -0.25) is 4.79 Å². The Morgan fingerprint density at radius 1 is 0.966 bits per heavy atom. The van der Waals surface area contributed by atoms with Gasteiger partial charge < -0.3 is 14.8 Å². The number of carbonyl (C=O) groups excluding carboxylic acids is 2. The van der Waals surface area contributed by atoms with Gasteiger partial charge in [0, 0.05) is 18.8 Å². The molecule has 8 nitrogen and oxygen atoms in total. The number of anilines is 1. The fourth-order valence-electron chi connectivity index (χ4n) is 2.56. The number of sulfonamides is 1. The Morgan fingerprint density at radius 3 is 2.07 bits per heavy atom. The van der Waals surface area contributed by atoms with Crippen LogP contribution in [0.3, 0.4) is 0 Å². The fourth-order valence-corrected chi connectivity index (χ4v) is 4.02. The van der Waals surface area contributed by atoms with E-state index in [9.17, 15) is 18.0 Å². The molecule has 0 aromatic heterocycles. The molecule has 0 fully saturated rings. The van der Waals surface area contributed by atoms with Crippen molar-refractivity contribution in [3.05, 3.63) is 54.1 Å². The van der Waals surface area contributed by atoms with Gasteiger partial charge >= 0.3 is 5.97 Å². The minimum atomic E-state index is -3.56. The van der Waals surface area contributed by atoms with E-state index in [0.717, 1.165) is 0 Å². The molecule has 0 aliphatic heterocycles. The van der Waals surface area contributed by atoms with Crippen molar-refractivity contribution in [2.75, 3.05) is 32.1 Å². The second-order valence-corrected chi connectivity index (χ2v) is 7.90. The van der Waals surface area contributed by atoms with E-state index >= 15 is 0 Å². The molecular formula is C20H24N2O6S. The van der Waals surface area contributed by atoms with Crippen LogP contribution < -0.4 is 10.1 Å². The van der Waals surface area contributed by atoms with Gasteiger partial charge in [0.25, 0.3) is 5.91 Å². The fraction of sp³-hybridized carbons (Fsp3) is 0.300. The summed E-state index contributed by atoms with van der Waals surface area (Å²) in [5, 5.41) is 2.56. The van der Waals surface area contributed by atoms with Crippen LogP contribution in [-0.2, 0) is 19.6 Å². The summed E-state index contributed by atoms with van der Waals surface area (Å²) in [6.07, 6.45) is 0. The lowest BCUT2D eigenvalue weighted by molar-refractivity contribution is -0.119. The molecular weight excluding hydrogens is 396 g/mol. The summed E-state index contributed by atoms with van der Waals surface area (Å²) in [6, 6.07) is 12.1. The highest BCUT2D eigenvalue weighted by molar-refractivity contribution is 7.89. The molecule has 1 amide bonds. The third-order valence-corrected chi connectivity index (χ3v) is 6.21. The molecule has 1 N–H and O–H groups in total. The first-order chi connectivity index (χ1) is 13.8. The topological polar surface area (TPSA) is 102 Å². The molecule has 2 aromatic rings. The Labute approximate surface area is 170 Å². The lowest BCUT2D eigenvalue weighted by Crippen LogP contribution is -2.30. The molecule has 0 unspecified atom stereocenters. The summed E-state index contributed by atoms with van der Waals surface area (Å²) in [5.74, 6) is -0.569. The Hall–Kier alpha value is -2.91. The summed E-state index contributed by atoms with van der Waals surface area (Å²) in [4.78, 5) is 24.1. The first-order valence-electron chi connectivity index (χ1n) is 9.03. The van der Waals surface area contributed by atoms with Crippen LogP contribution in [0.1, 0.15) is 24.2 Å². The molecule has 2 rings (SSSR count). The molecule has 29 heavy (non-hydrogen) atoms. The van der Waals surface area contributed by atoms with E-state index in [2.05, 4.69) is 5.32 Å². The maximum absolute atomic E-state index is 12.5. The first-order valence-corrected chi connectivity index (χ1v) is 10.5. The van der Waals surface area contributed by atoms with Crippen LogP contribution in [0.4, 0.5) is 5.69 Å². The molecule has 0 saturated carbocycles. The summed E-state index contributed by atoms with van der Waals surface area (Å²) >= 11 is 0. The van der Waals surface area contributed by atoms with Gasteiger partial charge in [0.05, 0.1) is 17.6 Å². The second kappa shape index (κ2) is 10.0. The maximum atomic E-state index is 12.5. The number of benzene rings is 2. The monoisotopic (exact) mass is 420 g/mol. The van der Waals surface area contributed by atoms with Crippen molar-refractivity contribution in [3.63, 3.8) is 0 Å². The quantitative estimate of drug-likeness (QED) is 0.626. The molecule has 0 bridgehead atoms. The average molecular weight is 420 g/mol. The highest BCUT2D eigenvalue weighted by Crippen LogP contribution is 2.18. The van der Waals surface area contributed by atoms with Crippen LogP contribution in [0.5, 0.6) is 5.75 Å². The molecule has 0 saturated heterocycles. The van der Waals surface area contributed by atoms with Gasteiger partial charge in [-0.05, 0) is 48.5 Å². The number of hydrogen-bond acceptors (Lipinski definition) is 6. The molecule has 0 aliphatic carbocycles. The van der Waals surface area contributed by atoms with E-state index in [4.69, 9.17) is 9.47 Å². The number of nitrogens with zero attached hydrogens (tertiary/aromatic N) is 1. The molecule has 9 heteroatoms. The van der Waals surface area contributed by atoms with Crippen LogP contribution in [-0.4, -0.2) is 51.4 Å². The molecule has 0 atom stereocenters. The van der Waals surface area contributed by atoms with E-state index in [1.807, 2.05) is 0 Å². The number of rotatable bonds is 9. The smallest absolute Gasteiger partial charge is 0.338 e. The van der Waals surface area contributed by atoms with Crippen LogP contribution in [0, 0.1) is 0 Å². The summed E-state index contributed by atoms with van der Waals surface area (Å²) < 4.78 is 36.2. The zero-order chi connectivity index (χ0) is 21.4. The first kappa shape index (κ1) is 22.4. The van der Waals surface area contributed by atoms with E-state index < -0.39 is 28.5 Å². The Bertz CT molecular complexity index is 936. The Morgan fingerprint density at radius 2 is 1.55 bits per heavy atom. The zero-order valence-corrected chi connectivity index (χ0v) is 17.4. The van der Waals surface area contributed by atoms with Gasteiger partial charge in [-0.1, -0.05) is 13.8 Å². The lowest BCUT2D eigenvalue weighted by atomic mass is 10.2. The summed E-state index contributed by atoms with van der Waals surface area (Å²) in [5.41, 5.74) is 0.693. The van der Waals surface area contributed by atoms with Gasteiger partial charge in [0.1, 0.15) is 5.75 Å². The largest absolute Gasteiger partial charge is 0.497 e. The molecule has 0 spiro atoms. The minimum absolute atomic E-state index is 0.144. The number of methoxy groups -OCH3 is 1. The molecule has 0 radical (unpaired) electrons. The van der Waals surface area contributed by atoms with Crippen molar-refractivity contribution < 1.29 is 27.5 Å². The van der Waals surface area contributed by atoms with E-state index in [-0.39, 0.29) is 4.90 Å². The molecule has 0 aliphatic rings. The van der Waals surface area contributed by atoms with Crippen LogP contribution >= 0.6 is 0 Å². The van der Waals surface area contributed by atoms with E-state index in [1.165, 1.54) is 47.8 Å². The van der Waals surface area contributed by atoms with Crippen molar-refractivity contribution in [1.29, 1.82) is 0 Å². The molecule has 0 heterocycles. The second-order valence-electron chi connectivity index (χ2n) is 5.97. The minimum Gasteiger partial charge on any atom is -0.497 e. The SMILES string of the molecule is CCN(CC)S(=O)(=O)c1ccc(NC(=O)COC(=O)c2ccc(OC)cc2)cc1. The predicted molar refractivity (Wildman–Crippen MR) is 108 cm³/mol. The number of carbonyl (C=O) groups is 2. The van der Waals surface area contributed by atoms with E-state index in [0.29, 0.717) is 30.1 Å². The number of ether oxygens (including phenoxy) is 2. The van der Waals surface area contributed by atoms with Gasteiger partial charge in [0.15, 0.2) is 6.61 Å². The van der Waals surface area contributed by atoms with Crippen molar-refractivity contribution in [2.45, 2.75) is 18.7 Å². The highest BCUT2D eigenvalue weighted by atomic mass is 32.2. The summed E-state index contributed by atoms with van der Waals surface area (Å²) in [7, 11) is -2.04. The van der Waals surface area contributed by atoms with Crippen LogP contribution in [0.25, 0.3) is 0 Å². The number of hydrogen-bond donors (Lipinski definition) is 1. The predicted octanol–water partition coefficient (Wildman–Crippen LogP) is 2.52. The Kier molecular flexibility index (Phi) is 7.74. The van der Waals surface area contributed by atoms with Gasteiger partial charge in [-0.25, -0.2) is 13.2 Å². The average Bonchev–Trinajstić information content (AvgIpc) is 2.73. The van der Waals surface area contributed by atoms with Crippen molar-refractivity contribution in [1.82, 2.24) is 4.31 Å². The van der Waals surface area contributed by atoms with Crippen molar-refractivity contribution in [3.8, 4) is 5.75 Å². The third-order valence-electron chi connectivity index (χ3n) is 4.14. The number of amides is 1. The van der Waals surface area contributed by atoms with Crippen LogP contribution in [0.2, 0.25) is 0 Å². The van der Waals surface area contributed by atoms with Gasteiger partial charge in [0.2, 0.25) is 10.0 Å². The van der Waals surface area contributed by atoms with Gasteiger partial charge in [-0.2, -0.15) is 4.31 Å². The van der Waals surface area contributed by atoms with Crippen LogP contribution in [0.15, 0.2) is 53.4 Å². The standard InChI is InChI=1S/C20H24N2O6S/c1-4-22(5-2)29(25,26)18-12-8-16(9-13-18)21-19(23)14-28-20(24)15-6-10-17(27-3)11-7-15/h6-13H,4-5,14H2,1-3H3,(H,21,23). The molecule has 156 valence electrons. The van der Waals surface area contributed by atoms with Crippen molar-refractivity contribution >= 4 is 27.6 Å². The normalized spacial score (nSPS) is 11.2. The van der Waals surface area contributed by atoms with E-state index in [1.54, 1.807) is 26.0 Å². The van der Waals surface area contributed by atoms with Gasteiger partial charge in [-0.15, -0.1) is 0 Å². The summed E-state index contributed by atoms with van der Waals surface area (Å²) in [6.45, 7) is 3.81. The Balaban J connectivity index is 1.92. The maximum Gasteiger partial charge on any atom is 0.338 e. The lowest BCUT2D eigenvalue weighted by Gasteiger charge is -2.18. The third kappa shape index (κ3) is 5.78. The number of esters is 1. The van der Waals surface area contributed by atoms with Crippen molar-refractivity contribution in [2.24, 2.45) is 0 Å². The number of nitrogens with one attached hydrogen (secondary N) is 1.